The van der Waals surface area contributed by atoms with Crippen molar-refractivity contribution in [3.05, 3.63) is 16.7 Å². The van der Waals surface area contributed by atoms with E-state index >= 15 is 0 Å². The smallest absolute Gasteiger partial charge is 0.231 e. The fourth-order valence-electron chi connectivity index (χ4n) is 1.66. The van der Waals surface area contributed by atoms with E-state index < -0.39 is 5.54 Å². The number of fused-ring (bicyclic) bond motifs is 1. The van der Waals surface area contributed by atoms with E-state index in [2.05, 4.69) is 0 Å². The van der Waals surface area contributed by atoms with Crippen molar-refractivity contribution < 1.29 is 14.2 Å². The number of hydrogen-bond donors (Lipinski definition) is 1. The molecule has 2 N–H and O–H groups in total. The number of halogens is 1. The summed E-state index contributed by atoms with van der Waals surface area (Å²) in [4.78, 5) is 0. The van der Waals surface area contributed by atoms with E-state index in [1.807, 2.05) is 19.9 Å². The van der Waals surface area contributed by atoms with Gasteiger partial charge in [0.15, 0.2) is 11.5 Å². The van der Waals surface area contributed by atoms with E-state index in [0.717, 1.165) is 5.56 Å². The third-order valence-electron chi connectivity index (χ3n) is 2.46. The van der Waals surface area contributed by atoms with Crippen molar-refractivity contribution in [2.75, 3.05) is 13.9 Å². The van der Waals surface area contributed by atoms with Crippen LogP contribution in [0.25, 0.3) is 0 Å². The number of rotatable bonds is 2. The van der Waals surface area contributed by atoms with Crippen LogP contribution < -0.4 is 19.9 Å². The van der Waals surface area contributed by atoms with Crippen LogP contribution in [0.2, 0.25) is 5.02 Å². The average molecular weight is 244 g/mol. The van der Waals surface area contributed by atoms with Gasteiger partial charge >= 0.3 is 0 Å². The molecule has 16 heavy (non-hydrogen) atoms. The summed E-state index contributed by atoms with van der Waals surface area (Å²) in [7, 11) is 1.55. The molecule has 0 saturated carbocycles. The van der Waals surface area contributed by atoms with Gasteiger partial charge in [-0.3, -0.25) is 0 Å². The molecule has 0 saturated heterocycles. The lowest BCUT2D eigenvalue weighted by Crippen LogP contribution is -2.29. The molecule has 1 aromatic carbocycles. The van der Waals surface area contributed by atoms with Crippen molar-refractivity contribution in [1.29, 1.82) is 0 Å². The SMILES string of the molecule is COc1c(C(C)(C)N)cc2c(c1Cl)OCO2. The standard InChI is InChI=1S/C11H14ClNO3/c1-11(2,13)6-4-7-10(16-5-15-7)8(12)9(6)14-3/h4H,5,13H2,1-3H3. The van der Waals surface area contributed by atoms with Crippen molar-refractivity contribution in [3.63, 3.8) is 0 Å². The van der Waals surface area contributed by atoms with Gasteiger partial charge in [0.05, 0.1) is 7.11 Å². The van der Waals surface area contributed by atoms with Gasteiger partial charge in [-0.15, -0.1) is 0 Å². The summed E-state index contributed by atoms with van der Waals surface area (Å²) in [6, 6.07) is 1.81. The van der Waals surface area contributed by atoms with E-state index in [0.29, 0.717) is 22.3 Å². The first-order valence-electron chi connectivity index (χ1n) is 4.90. The molecular formula is C11H14ClNO3. The third-order valence-corrected chi connectivity index (χ3v) is 2.80. The Morgan fingerprint density at radius 2 is 2.12 bits per heavy atom. The summed E-state index contributed by atoms with van der Waals surface area (Å²) in [5.41, 5.74) is 6.30. The lowest BCUT2D eigenvalue weighted by molar-refractivity contribution is 0.174. The largest absolute Gasteiger partial charge is 0.495 e. The molecule has 2 rings (SSSR count). The maximum absolute atomic E-state index is 6.18. The highest BCUT2D eigenvalue weighted by Gasteiger charge is 2.29. The van der Waals surface area contributed by atoms with Crippen LogP contribution >= 0.6 is 11.6 Å². The molecule has 0 radical (unpaired) electrons. The molecule has 0 atom stereocenters. The molecule has 0 amide bonds. The number of methoxy groups -OCH3 is 1. The fraction of sp³-hybridized carbons (Fsp3) is 0.455. The number of nitrogens with two attached hydrogens (primary N) is 1. The summed E-state index contributed by atoms with van der Waals surface area (Å²) < 4.78 is 15.8. The van der Waals surface area contributed by atoms with E-state index in [1.54, 1.807) is 7.11 Å². The molecule has 1 aliphatic heterocycles. The van der Waals surface area contributed by atoms with Crippen LogP contribution in [-0.4, -0.2) is 13.9 Å². The number of ether oxygens (including phenoxy) is 3. The summed E-state index contributed by atoms with van der Waals surface area (Å²) in [5.74, 6) is 1.67. The van der Waals surface area contributed by atoms with E-state index in [-0.39, 0.29) is 6.79 Å². The summed E-state index contributed by atoms with van der Waals surface area (Å²) >= 11 is 6.18. The number of hydrogen-bond acceptors (Lipinski definition) is 4. The minimum absolute atomic E-state index is 0.173. The molecule has 0 aliphatic carbocycles. The second-order valence-electron chi connectivity index (χ2n) is 4.23. The quantitative estimate of drug-likeness (QED) is 0.866. The molecule has 0 fully saturated rings. The van der Waals surface area contributed by atoms with Gasteiger partial charge in [0, 0.05) is 11.1 Å². The van der Waals surface area contributed by atoms with Crippen LogP contribution in [-0.2, 0) is 5.54 Å². The molecule has 0 unspecified atom stereocenters. The normalized spacial score (nSPS) is 14.1. The van der Waals surface area contributed by atoms with Crippen molar-refractivity contribution >= 4 is 11.6 Å². The Morgan fingerprint density at radius 3 is 2.69 bits per heavy atom. The number of benzene rings is 1. The molecule has 1 aromatic rings. The molecule has 1 aliphatic rings. The molecule has 4 nitrogen and oxygen atoms in total. The predicted octanol–water partition coefficient (Wildman–Crippen LogP) is 2.27. The Balaban J connectivity index is 2.66. The molecule has 0 aromatic heterocycles. The monoisotopic (exact) mass is 243 g/mol. The fourth-order valence-corrected chi connectivity index (χ4v) is 1.99. The zero-order valence-electron chi connectivity index (χ0n) is 9.46. The topological polar surface area (TPSA) is 53.7 Å². The Morgan fingerprint density at radius 1 is 1.44 bits per heavy atom. The summed E-state index contributed by atoms with van der Waals surface area (Å²) in [6.45, 7) is 3.93. The van der Waals surface area contributed by atoms with E-state index in [4.69, 9.17) is 31.5 Å². The highest BCUT2D eigenvalue weighted by molar-refractivity contribution is 6.34. The van der Waals surface area contributed by atoms with E-state index in [9.17, 15) is 0 Å². The Hall–Kier alpha value is -1.13. The van der Waals surface area contributed by atoms with Crippen LogP contribution in [0, 0.1) is 0 Å². The molecule has 88 valence electrons. The van der Waals surface area contributed by atoms with E-state index in [1.165, 1.54) is 0 Å². The van der Waals surface area contributed by atoms with Gasteiger partial charge in [-0.1, -0.05) is 11.6 Å². The summed E-state index contributed by atoms with van der Waals surface area (Å²) in [5, 5.41) is 0.408. The van der Waals surface area contributed by atoms with Gasteiger partial charge in [-0.05, 0) is 19.9 Å². The van der Waals surface area contributed by atoms with Gasteiger partial charge in [-0.25, -0.2) is 0 Å². The first kappa shape index (κ1) is 11.4. The highest BCUT2D eigenvalue weighted by Crippen LogP contribution is 2.48. The Labute approximate surface area is 99.2 Å². The lowest BCUT2D eigenvalue weighted by atomic mass is 9.94. The summed E-state index contributed by atoms with van der Waals surface area (Å²) in [6.07, 6.45) is 0. The molecular weight excluding hydrogens is 230 g/mol. The van der Waals surface area contributed by atoms with Gasteiger partial charge in [0.1, 0.15) is 10.8 Å². The first-order chi connectivity index (χ1) is 7.45. The van der Waals surface area contributed by atoms with Crippen molar-refractivity contribution in [1.82, 2.24) is 0 Å². The van der Waals surface area contributed by atoms with Gasteiger partial charge in [0.2, 0.25) is 6.79 Å². The third kappa shape index (κ3) is 1.68. The molecule has 5 heteroatoms. The lowest BCUT2D eigenvalue weighted by Gasteiger charge is -2.23. The highest BCUT2D eigenvalue weighted by atomic mass is 35.5. The van der Waals surface area contributed by atoms with Crippen LogP contribution in [0.15, 0.2) is 6.07 Å². The molecule has 0 bridgehead atoms. The first-order valence-corrected chi connectivity index (χ1v) is 5.28. The van der Waals surface area contributed by atoms with Gasteiger partial charge in [-0.2, -0.15) is 0 Å². The predicted molar refractivity (Wildman–Crippen MR) is 61.3 cm³/mol. The van der Waals surface area contributed by atoms with Crippen molar-refractivity contribution in [3.8, 4) is 17.2 Å². The Bertz CT molecular complexity index is 426. The van der Waals surface area contributed by atoms with Crippen LogP contribution in [0.4, 0.5) is 0 Å². The zero-order valence-corrected chi connectivity index (χ0v) is 10.2. The van der Waals surface area contributed by atoms with Crippen molar-refractivity contribution in [2.24, 2.45) is 5.73 Å². The second-order valence-corrected chi connectivity index (χ2v) is 4.60. The maximum atomic E-state index is 6.18. The maximum Gasteiger partial charge on any atom is 0.231 e. The minimum Gasteiger partial charge on any atom is -0.495 e. The van der Waals surface area contributed by atoms with Gasteiger partial charge in [0.25, 0.3) is 0 Å². The zero-order chi connectivity index (χ0) is 11.9. The minimum atomic E-state index is -0.560. The van der Waals surface area contributed by atoms with Gasteiger partial charge < -0.3 is 19.9 Å². The molecule has 0 spiro atoms. The van der Waals surface area contributed by atoms with Crippen LogP contribution in [0.5, 0.6) is 17.2 Å². The van der Waals surface area contributed by atoms with Crippen LogP contribution in [0.1, 0.15) is 19.4 Å². The second kappa shape index (κ2) is 3.71. The van der Waals surface area contributed by atoms with Crippen molar-refractivity contribution in [2.45, 2.75) is 19.4 Å². The average Bonchev–Trinajstić information content (AvgIpc) is 2.64. The Kier molecular flexibility index (Phi) is 2.64. The van der Waals surface area contributed by atoms with Crippen LogP contribution in [0.3, 0.4) is 0 Å². The molecule has 1 heterocycles.